The van der Waals surface area contributed by atoms with Crippen LogP contribution in [0.5, 0.6) is 0 Å². The van der Waals surface area contributed by atoms with E-state index in [0.717, 1.165) is 0 Å². The van der Waals surface area contributed by atoms with Gasteiger partial charge in [0.05, 0.1) is 18.8 Å². The van der Waals surface area contributed by atoms with E-state index in [-0.39, 0.29) is 31.0 Å². The lowest BCUT2D eigenvalue weighted by molar-refractivity contribution is -0.337. The van der Waals surface area contributed by atoms with Gasteiger partial charge in [0.15, 0.2) is 0 Å². The minimum atomic E-state index is -4.78. The van der Waals surface area contributed by atoms with Gasteiger partial charge in [-0.05, 0) is 30.6 Å². The molecule has 0 unspecified atom stereocenters. The molecule has 0 aromatic carbocycles. The molecule has 0 atom stereocenters. The van der Waals surface area contributed by atoms with Crippen LogP contribution in [0.4, 0.5) is 0 Å². The number of hydrogen-bond donors (Lipinski definition) is 0. The molecule has 0 saturated carbocycles. The summed E-state index contributed by atoms with van der Waals surface area (Å²) in [6.07, 6.45) is 0.986. The van der Waals surface area contributed by atoms with E-state index in [4.69, 9.17) is 13.6 Å². The lowest BCUT2D eigenvalue weighted by Crippen LogP contribution is -2.39. The Kier molecular flexibility index (Phi) is 10.7. The molecule has 0 radical (unpaired) electrons. The van der Waals surface area contributed by atoms with Crippen LogP contribution in [-0.4, -0.2) is 18.8 Å². The molecular weight excluding hydrogens is 364 g/mol. The van der Waals surface area contributed by atoms with Crippen LogP contribution in [0.25, 0.3) is 0 Å². The van der Waals surface area contributed by atoms with Crippen molar-refractivity contribution < 1.29 is 27.9 Å². The van der Waals surface area contributed by atoms with E-state index < -0.39 is 21.1 Å². The molecule has 0 spiro atoms. The van der Waals surface area contributed by atoms with Gasteiger partial charge < -0.3 is 14.3 Å². The topological polar surface area (TPSA) is 103 Å². The summed E-state index contributed by atoms with van der Waals surface area (Å²) in [7, 11) is -8.94. The summed E-state index contributed by atoms with van der Waals surface area (Å²) in [5, 5.41) is 0. The molecular formula is C16H35NO6P2-2. The third-order valence-electron chi connectivity index (χ3n) is 3.91. The molecule has 7 nitrogen and oxygen atoms in total. The zero-order chi connectivity index (χ0) is 19.9. The Morgan fingerprint density at radius 2 is 1.32 bits per heavy atom. The van der Waals surface area contributed by atoms with Gasteiger partial charge in [0.1, 0.15) is 0 Å². The van der Waals surface area contributed by atoms with Gasteiger partial charge in [0, 0.05) is 0 Å². The highest BCUT2D eigenvalue weighted by molar-refractivity contribution is 7.61. The third kappa shape index (κ3) is 9.14. The molecule has 9 heteroatoms. The van der Waals surface area contributed by atoms with Crippen LogP contribution < -0.4 is 9.79 Å². The molecule has 0 bridgehead atoms. The van der Waals surface area contributed by atoms with Crippen LogP contribution in [-0.2, 0) is 18.1 Å². The van der Waals surface area contributed by atoms with Crippen LogP contribution in [0.1, 0.15) is 68.2 Å². The zero-order valence-electron chi connectivity index (χ0n) is 16.9. The summed E-state index contributed by atoms with van der Waals surface area (Å²) < 4.78 is 32.1. The van der Waals surface area contributed by atoms with E-state index in [1.54, 1.807) is 0 Å². The SMILES string of the molecule is CCC(CC)(OP([O-])([O-])=NP(=O)(OCC(C)C)OCC(C)C)C(C)C. The van der Waals surface area contributed by atoms with Crippen LogP contribution in [0.3, 0.4) is 0 Å². The van der Waals surface area contributed by atoms with Gasteiger partial charge >= 0.3 is 7.75 Å². The van der Waals surface area contributed by atoms with Crippen molar-refractivity contribution >= 4 is 15.5 Å². The first-order valence-corrected chi connectivity index (χ1v) is 12.0. The van der Waals surface area contributed by atoms with Crippen molar-refractivity contribution in [1.82, 2.24) is 0 Å². The fraction of sp³-hybridized carbons (Fsp3) is 1.00. The van der Waals surface area contributed by atoms with E-state index >= 15 is 0 Å². The summed E-state index contributed by atoms with van der Waals surface area (Å²) in [6.45, 7) is 15.1. The van der Waals surface area contributed by atoms with Crippen molar-refractivity contribution in [1.29, 1.82) is 0 Å². The second-order valence-corrected chi connectivity index (χ2v) is 10.7. The minimum absolute atomic E-state index is 0.0486. The number of hydrogen-bond acceptors (Lipinski definition) is 6. The van der Waals surface area contributed by atoms with Crippen molar-refractivity contribution in [3.63, 3.8) is 0 Å². The Bertz CT molecular complexity index is 467. The number of rotatable bonds is 12. The van der Waals surface area contributed by atoms with Crippen molar-refractivity contribution in [2.75, 3.05) is 13.2 Å². The summed E-state index contributed by atoms with van der Waals surface area (Å²) in [6, 6.07) is 0. The molecule has 0 aliphatic carbocycles. The van der Waals surface area contributed by atoms with Crippen molar-refractivity contribution in [2.45, 2.75) is 73.8 Å². The Balaban J connectivity index is 5.64. The Morgan fingerprint density at radius 3 is 1.60 bits per heavy atom. The Labute approximate surface area is 153 Å². The highest BCUT2D eigenvalue weighted by Crippen LogP contribution is 2.59. The average Bonchev–Trinajstić information content (AvgIpc) is 2.48. The summed E-state index contributed by atoms with van der Waals surface area (Å²) in [5.41, 5.74) is -0.887. The average molecular weight is 399 g/mol. The van der Waals surface area contributed by atoms with E-state index in [2.05, 4.69) is 4.52 Å². The monoisotopic (exact) mass is 399 g/mol. The van der Waals surface area contributed by atoms with Gasteiger partial charge in [-0.25, -0.2) is 9.08 Å². The van der Waals surface area contributed by atoms with Crippen LogP contribution >= 0.6 is 15.5 Å². The molecule has 0 aliphatic heterocycles. The highest BCUT2D eigenvalue weighted by atomic mass is 31.2. The molecule has 0 aromatic heterocycles. The summed E-state index contributed by atoms with van der Waals surface area (Å²) in [4.78, 5) is 25.0. The molecule has 152 valence electrons. The third-order valence-corrected chi connectivity index (χ3v) is 7.21. The van der Waals surface area contributed by atoms with Crippen molar-refractivity contribution in [3.8, 4) is 0 Å². The van der Waals surface area contributed by atoms with Gasteiger partial charge in [0.2, 0.25) is 0 Å². The zero-order valence-corrected chi connectivity index (χ0v) is 18.6. The number of nitrogens with zero attached hydrogens (tertiary/aromatic N) is 1. The van der Waals surface area contributed by atoms with Gasteiger partial charge in [-0.2, -0.15) is 0 Å². The van der Waals surface area contributed by atoms with Crippen molar-refractivity contribution in [2.24, 2.45) is 22.3 Å². The lowest BCUT2D eigenvalue weighted by Gasteiger charge is -2.48. The Hall–Kier alpha value is 0.260. The highest BCUT2D eigenvalue weighted by Gasteiger charge is 2.33. The maximum absolute atomic E-state index is 12.8. The molecule has 0 heterocycles. The van der Waals surface area contributed by atoms with Gasteiger partial charge in [0.25, 0.3) is 0 Å². The van der Waals surface area contributed by atoms with Crippen LogP contribution in [0.15, 0.2) is 4.52 Å². The first kappa shape index (κ1) is 25.3. The fourth-order valence-electron chi connectivity index (χ4n) is 2.26. The molecule has 0 saturated heterocycles. The first-order chi connectivity index (χ1) is 11.3. The quantitative estimate of drug-likeness (QED) is 0.452. The van der Waals surface area contributed by atoms with Gasteiger partial charge in [-0.3, -0.25) is 9.05 Å². The predicted molar refractivity (Wildman–Crippen MR) is 97.8 cm³/mol. The molecule has 25 heavy (non-hydrogen) atoms. The summed E-state index contributed by atoms with van der Waals surface area (Å²) >= 11 is 0. The van der Waals surface area contributed by atoms with Crippen molar-refractivity contribution in [3.05, 3.63) is 0 Å². The fourth-order valence-corrected chi connectivity index (χ4v) is 5.87. The normalized spacial score (nSPS) is 14.0. The van der Waals surface area contributed by atoms with E-state index in [0.29, 0.717) is 12.8 Å². The summed E-state index contributed by atoms with van der Waals surface area (Å²) in [5.74, 6) is 0.0610. The molecule has 0 N–H and O–H groups in total. The molecule has 0 fully saturated rings. The predicted octanol–water partition coefficient (Wildman–Crippen LogP) is 4.34. The minimum Gasteiger partial charge on any atom is -0.806 e. The molecule has 0 aromatic rings. The maximum atomic E-state index is 12.8. The van der Waals surface area contributed by atoms with Crippen LogP contribution in [0.2, 0.25) is 0 Å². The smallest absolute Gasteiger partial charge is 0.452 e. The maximum Gasteiger partial charge on any atom is 0.452 e. The van der Waals surface area contributed by atoms with E-state index in [9.17, 15) is 14.4 Å². The standard InChI is InChI=1S/C16H35NO6P2/c1-9-16(10-2,15(7)8)23-24(18,19)17-25(20,21-11-13(3)4)22-12-14(5)6/h13-15H,9-12H2,1-8H3/q-2. The largest absolute Gasteiger partial charge is 0.806 e. The second kappa shape index (κ2) is 10.6. The lowest BCUT2D eigenvalue weighted by atomic mass is 9.85. The molecule has 0 rings (SSSR count). The van der Waals surface area contributed by atoms with Gasteiger partial charge in [-0.1, -0.05) is 63.1 Å². The molecule has 0 aliphatic rings. The first-order valence-electron chi connectivity index (χ1n) is 8.97. The van der Waals surface area contributed by atoms with Crippen LogP contribution in [0, 0.1) is 17.8 Å². The Morgan fingerprint density at radius 1 is 0.920 bits per heavy atom. The van der Waals surface area contributed by atoms with E-state index in [1.165, 1.54) is 0 Å². The van der Waals surface area contributed by atoms with Gasteiger partial charge in [-0.15, -0.1) is 0 Å². The van der Waals surface area contributed by atoms with E-state index in [1.807, 2.05) is 55.4 Å². The second-order valence-electron chi connectivity index (χ2n) is 7.42. The molecule has 0 amide bonds.